The van der Waals surface area contributed by atoms with E-state index >= 15 is 0 Å². The van der Waals surface area contributed by atoms with E-state index in [1.165, 1.54) is 4.31 Å². The highest BCUT2D eigenvalue weighted by Gasteiger charge is 2.33. The number of benzene rings is 1. The van der Waals surface area contributed by atoms with Gasteiger partial charge in [0, 0.05) is 18.9 Å². The molecule has 4 rings (SSSR count). The monoisotopic (exact) mass is 405 g/mol. The van der Waals surface area contributed by atoms with E-state index in [1.54, 1.807) is 30.6 Å². The summed E-state index contributed by atoms with van der Waals surface area (Å²) >= 11 is 1.01. The second-order valence-corrected chi connectivity index (χ2v) is 8.80. The van der Waals surface area contributed by atoms with E-state index in [2.05, 4.69) is 18.7 Å². The fraction of sp³-hybridized carbons (Fsp3) is 0.412. The second kappa shape index (κ2) is 7.45. The maximum Gasteiger partial charge on any atom is 0.316 e. The van der Waals surface area contributed by atoms with Gasteiger partial charge in [-0.2, -0.15) is 13.1 Å². The van der Waals surface area contributed by atoms with Crippen molar-refractivity contribution in [3.63, 3.8) is 0 Å². The van der Waals surface area contributed by atoms with Crippen LogP contribution in [-0.2, 0) is 16.4 Å². The van der Waals surface area contributed by atoms with Gasteiger partial charge in [0.05, 0.1) is 18.3 Å². The number of fused-ring (bicyclic) bond motifs is 1. The minimum absolute atomic E-state index is 0.193. The number of rotatable bonds is 5. The molecule has 0 spiro atoms. The molecule has 0 N–H and O–H groups in total. The first-order chi connectivity index (χ1) is 13.1. The summed E-state index contributed by atoms with van der Waals surface area (Å²) in [6, 6.07) is 5.31. The molecule has 1 unspecified atom stereocenters. The first-order valence-corrected chi connectivity index (χ1v) is 10.9. The molecule has 1 aromatic carbocycles. The van der Waals surface area contributed by atoms with Crippen molar-refractivity contribution in [1.82, 2.24) is 23.0 Å². The molecule has 0 saturated carbocycles. The lowest BCUT2D eigenvalue weighted by Gasteiger charge is -2.31. The maximum atomic E-state index is 13.2. The molecule has 1 fully saturated rings. The van der Waals surface area contributed by atoms with Gasteiger partial charge in [-0.05, 0) is 37.0 Å². The highest BCUT2D eigenvalue weighted by Crippen LogP contribution is 2.27. The largest absolute Gasteiger partial charge is 0.459 e. The number of hydrogen-bond donors (Lipinski definition) is 0. The number of ether oxygens (including phenoxy) is 1. The minimum Gasteiger partial charge on any atom is -0.459 e. The van der Waals surface area contributed by atoms with Crippen LogP contribution >= 0.6 is 11.7 Å². The van der Waals surface area contributed by atoms with Crippen LogP contribution in [0.15, 0.2) is 35.5 Å². The fourth-order valence-electron chi connectivity index (χ4n) is 3.08. The summed E-state index contributed by atoms with van der Waals surface area (Å²) in [6.07, 6.45) is 5.50. The molecule has 0 radical (unpaired) electrons. The molecule has 27 heavy (non-hydrogen) atoms. The average molecular weight is 406 g/mol. The summed E-state index contributed by atoms with van der Waals surface area (Å²) in [6.45, 7) is 2.74. The zero-order chi connectivity index (χ0) is 18.9. The Morgan fingerprint density at radius 2 is 2.07 bits per heavy atom. The van der Waals surface area contributed by atoms with Crippen LogP contribution in [-0.4, -0.2) is 50.6 Å². The molecule has 1 aliphatic heterocycles. The van der Waals surface area contributed by atoms with Crippen LogP contribution in [0.4, 0.5) is 0 Å². The molecule has 10 heteroatoms. The van der Waals surface area contributed by atoms with Gasteiger partial charge in [-0.3, -0.25) is 0 Å². The smallest absolute Gasteiger partial charge is 0.316 e. The van der Waals surface area contributed by atoms with E-state index in [0.717, 1.165) is 30.1 Å². The predicted molar refractivity (Wildman–Crippen MR) is 101 cm³/mol. The van der Waals surface area contributed by atoms with Crippen LogP contribution < -0.4 is 4.74 Å². The molecule has 3 heterocycles. The summed E-state index contributed by atoms with van der Waals surface area (Å²) in [5.74, 6) is 0. The van der Waals surface area contributed by atoms with Crippen molar-refractivity contribution in [2.45, 2.75) is 37.2 Å². The Balaban J connectivity index is 1.54. The molecule has 1 saturated heterocycles. The van der Waals surface area contributed by atoms with E-state index in [0.29, 0.717) is 24.0 Å². The number of aromatic nitrogens is 4. The van der Waals surface area contributed by atoms with Gasteiger partial charge < -0.3 is 4.74 Å². The zero-order valence-electron chi connectivity index (χ0n) is 14.8. The van der Waals surface area contributed by atoms with Crippen LogP contribution in [0, 0.1) is 0 Å². The summed E-state index contributed by atoms with van der Waals surface area (Å²) < 4.78 is 41.9. The van der Waals surface area contributed by atoms with Crippen LogP contribution in [0.5, 0.6) is 6.01 Å². The Morgan fingerprint density at radius 1 is 1.26 bits per heavy atom. The number of hydrogen-bond acceptors (Lipinski definition) is 8. The molecule has 8 nitrogen and oxygen atoms in total. The summed E-state index contributed by atoms with van der Waals surface area (Å²) in [5, 5.41) is 0. The average Bonchev–Trinajstić information content (AvgIpc) is 3.17. The minimum atomic E-state index is -3.68. The van der Waals surface area contributed by atoms with E-state index in [4.69, 9.17) is 4.74 Å². The molecule has 0 aliphatic carbocycles. The fourth-order valence-corrected chi connectivity index (χ4v) is 5.35. The molecule has 3 aromatic rings. The lowest BCUT2D eigenvalue weighted by molar-refractivity contribution is 0.119. The molecule has 1 aliphatic rings. The second-order valence-electron chi connectivity index (χ2n) is 6.36. The van der Waals surface area contributed by atoms with Crippen LogP contribution in [0.2, 0.25) is 0 Å². The maximum absolute atomic E-state index is 13.2. The van der Waals surface area contributed by atoms with Gasteiger partial charge in [0.25, 0.3) is 0 Å². The SMILES string of the molecule is CCc1cnc(OC2CCCN(S(=O)(=O)c3cccc4nsnc34)C2)nc1. The van der Waals surface area contributed by atoms with Crippen molar-refractivity contribution in [1.29, 1.82) is 0 Å². The Kier molecular flexibility index (Phi) is 5.02. The third kappa shape index (κ3) is 3.64. The van der Waals surface area contributed by atoms with Gasteiger partial charge in [-0.15, -0.1) is 0 Å². The summed E-state index contributed by atoms with van der Waals surface area (Å²) in [5.41, 5.74) is 2.04. The van der Waals surface area contributed by atoms with Gasteiger partial charge in [0.2, 0.25) is 10.0 Å². The zero-order valence-corrected chi connectivity index (χ0v) is 16.4. The molecule has 0 amide bonds. The topological polar surface area (TPSA) is 98.2 Å². The number of nitrogens with zero attached hydrogens (tertiary/aromatic N) is 5. The van der Waals surface area contributed by atoms with Crippen molar-refractivity contribution in [3.05, 3.63) is 36.2 Å². The van der Waals surface area contributed by atoms with Crippen molar-refractivity contribution in [3.8, 4) is 6.01 Å². The lowest BCUT2D eigenvalue weighted by Crippen LogP contribution is -2.44. The van der Waals surface area contributed by atoms with Crippen LogP contribution in [0.1, 0.15) is 25.3 Å². The van der Waals surface area contributed by atoms with Gasteiger partial charge >= 0.3 is 6.01 Å². The lowest BCUT2D eigenvalue weighted by atomic mass is 10.1. The highest BCUT2D eigenvalue weighted by atomic mass is 32.2. The quantitative estimate of drug-likeness (QED) is 0.642. The first kappa shape index (κ1) is 18.2. The van der Waals surface area contributed by atoms with Crippen molar-refractivity contribution >= 4 is 32.8 Å². The van der Waals surface area contributed by atoms with Gasteiger partial charge in [0.15, 0.2) is 0 Å². The van der Waals surface area contributed by atoms with Crippen LogP contribution in [0.25, 0.3) is 11.0 Å². The molecular weight excluding hydrogens is 386 g/mol. The van der Waals surface area contributed by atoms with Gasteiger partial charge in [-0.1, -0.05) is 13.0 Å². The standard InChI is InChI=1S/C17H19N5O3S2/c1-2-12-9-18-17(19-10-12)25-13-5-4-8-22(11-13)27(23,24)15-7-3-6-14-16(15)21-26-20-14/h3,6-7,9-10,13H,2,4-5,8,11H2,1H3. The normalized spacial score (nSPS) is 18.6. The number of piperidine rings is 1. The molecule has 0 bridgehead atoms. The van der Waals surface area contributed by atoms with Crippen molar-refractivity contribution in [2.75, 3.05) is 13.1 Å². The van der Waals surface area contributed by atoms with E-state index in [1.807, 2.05) is 6.92 Å². The first-order valence-electron chi connectivity index (χ1n) is 8.77. The molecule has 1 atom stereocenters. The Labute approximate surface area is 161 Å². The highest BCUT2D eigenvalue weighted by molar-refractivity contribution is 7.89. The summed E-state index contributed by atoms with van der Waals surface area (Å²) in [4.78, 5) is 8.60. The Hall–Kier alpha value is -2.17. The number of sulfonamides is 1. The number of aryl methyl sites for hydroxylation is 1. The molecule has 142 valence electrons. The third-order valence-corrected chi connectivity index (χ3v) is 7.01. The summed E-state index contributed by atoms with van der Waals surface area (Å²) in [7, 11) is -3.68. The van der Waals surface area contributed by atoms with Crippen molar-refractivity contribution < 1.29 is 13.2 Å². The van der Waals surface area contributed by atoms with Gasteiger partial charge in [0.1, 0.15) is 22.0 Å². The predicted octanol–water partition coefficient (Wildman–Crippen LogP) is 2.28. The Bertz CT molecular complexity index is 1040. The van der Waals surface area contributed by atoms with E-state index in [9.17, 15) is 8.42 Å². The Morgan fingerprint density at radius 3 is 2.85 bits per heavy atom. The molecular formula is C17H19N5O3S2. The van der Waals surface area contributed by atoms with Gasteiger partial charge in [-0.25, -0.2) is 18.4 Å². The third-order valence-electron chi connectivity index (χ3n) is 4.57. The molecule has 2 aromatic heterocycles. The van der Waals surface area contributed by atoms with E-state index < -0.39 is 10.0 Å². The van der Waals surface area contributed by atoms with E-state index in [-0.39, 0.29) is 23.6 Å². The van der Waals surface area contributed by atoms with Crippen LogP contribution in [0.3, 0.4) is 0 Å². The van der Waals surface area contributed by atoms with Crippen molar-refractivity contribution in [2.24, 2.45) is 0 Å².